The van der Waals surface area contributed by atoms with Crippen LogP contribution in [-0.4, -0.2) is 5.78 Å². The molecule has 0 aromatic rings. The normalized spacial score (nSPS) is 29.0. The molecule has 0 N–H and O–H groups in total. The fourth-order valence-electron chi connectivity index (χ4n) is 2.65. The summed E-state index contributed by atoms with van der Waals surface area (Å²) in [6.45, 7) is 2.26. The van der Waals surface area contributed by atoms with Crippen LogP contribution in [0, 0.1) is 5.92 Å². The lowest BCUT2D eigenvalue weighted by Crippen LogP contribution is -2.19. The summed E-state index contributed by atoms with van der Waals surface area (Å²) >= 11 is 0. The van der Waals surface area contributed by atoms with Gasteiger partial charge in [0, 0.05) is 6.42 Å². The van der Waals surface area contributed by atoms with Gasteiger partial charge in [-0.25, -0.2) is 0 Å². The van der Waals surface area contributed by atoms with Crippen LogP contribution < -0.4 is 0 Å². The van der Waals surface area contributed by atoms with Gasteiger partial charge in [0.2, 0.25) is 0 Å². The van der Waals surface area contributed by atoms with Crippen molar-refractivity contribution in [3.63, 3.8) is 0 Å². The van der Waals surface area contributed by atoms with E-state index in [0.29, 0.717) is 5.78 Å². The third-order valence-electron chi connectivity index (χ3n) is 3.56. The van der Waals surface area contributed by atoms with Gasteiger partial charge in [0.1, 0.15) is 0 Å². The standard InChI is InChI=1S/C12H18O/c1-2-9-6-7-11-10(8-9)4-3-5-12(11)13/h9H,2-8H2,1H3. The largest absolute Gasteiger partial charge is 0.295 e. The molecule has 1 nitrogen and oxygen atoms in total. The average Bonchev–Trinajstić information content (AvgIpc) is 2.18. The summed E-state index contributed by atoms with van der Waals surface area (Å²) in [5.41, 5.74) is 2.73. The number of hydrogen-bond acceptors (Lipinski definition) is 1. The average molecular weight is 178 g/mol. The van der Waals surface area contributed by atoms with Crippen molar-refractivity contribution in [1.82, 2.24) is 0 Å². The van der Waals surface area contributed by atoms with E-state index in [4.69, 9.17) is 0 Å². The fraction of sp³-hybridized carbons (Fsp3) is 0.750. The zero-order valence-corrected chi connectivity index (χ0v) is 8.44. The summed E-state index contributed by atoms with van der Waals surface area (Å²) in [6.07, 6.45) is 7.96. The van der Waals surface area contributed by atoms with Crippen LogP contribution in [0.5, 0.6) is 0 Å². The van der Waals surface area contributed by atoms with E-state index in [2.05, 4.69) is 6.92 Å². The molecule has 0 radical (unpaired) electrons. The summed E-state index contributed by atoms with van der Waals surface area (Å²) in [4.78, 5) is 11.6. The van der Waals surface area contributed by atoms with Gasteiger partial charge in [-0.3, -0.25) is 4.79 Å². The van der Waals surface area contributed by atoms with Crippen LogP contribution in [-0.2, 0) is 4.79 Å². The maximum Gasteiger partial charge on any atom is 0.158 e. The Morgan fingerprint density at radius 3 is 2.92 bits per heavy atom. The lowest BCUT2D eigenvalue weighted by molar-refractivity contribution is -0.116. The molecule has 2 rings (SSSR count). The van der Waals surface area contributed by atoms with Crippen LogP contribution in [0.15, 0.2) is 11.1 Å². The van der Waals surface area contributed by atoms with Crippen LogP contribution in [0.2, 0.25) is 0 Å². The Morgan fingerprint density at radius 1 is 1.31 bits per heavy atom. The minimum absolute atomic E-state index is 0.454. The summed E-state index contributed by atoms with van der Waals surface area (Å²) in [6, 6.07) is 0. The van der Waals surface area contributed by atoms with Gasteiger partial charge >= 0.3 is 0 Å². The molecule has 1 heteroatoms. The summed E-state index contributed by atoms with van der Waals surface area (Å²) in [5, 5.41) is 0. The second-order valence-electron chi connectivity index (χ2n) is 4.38. The van der Waals surface area contributed by atoms with Gasteiger partial charge in [0.25, 0.3) is 0 Å². The number of carbonyl (C=O) groups is 1. The smallest absolute Gasteiger partial charge is 0.158 e. The van der Waals surface area contributed by atoms with Crippen LogP contribution in [0.25, 0.3) is 0 Å². The van der Waals surface area contributed by atoms with Crippen molar-refractivity contribution in [3.05, 3.63) is 11.1 Å². The van der Waals surface area contributed by atoms with Crippen molar-refractivity contribution in [2.75, 3.05) is 0 Å². The molecule has 13 heavy (non-hydrogen) atoms. The Morgan fingerprint density at radius 2 is 2.15 bits per heavy atom. The first-order valence-corrected chi connectivity index (χ1v) is 5.55. The topological polar surface area (TPSA) is 17.1 Å². The monoisotopic (exact) mass is 178 g/mol. The first kappa shape index (κ1) is 8.98. The molecule has 2 aliphatic rings. The first-order chi connectivity index (χ1) is 6.31. The second-order valence-corrected chi connectivity index (χ2v) is 4.38. The van der Waals surface area contributed by atoms with Gasteiger partial charge in [-0.2, -0.15) is 0 Å². The fourth-order valence-corrected chi connectivity index (χ4v) is 2.65. The molecule has 0 saturated carbocycles. The second kappa shape index (κ2) is 3.65. The highest BCUT2D eigenvalue weighted by atomic mass is 16.1. The quantitative estimate of drug-likeness (QED) is 0.602. The van der Waals surface area contributed by atoms with Crippen molar-refractivity contribution in [2.24, 2.45) is 5.92 Å². The number of hydrogen-bond donors (Lipinski definition) is 0. The summed E-state index contributed by atoms with van der Waals surface area (Å²) in [7, 11) is 0. The van der Waals surface area contributed by atoms with Crippen molar-refractivity contribution in [3.8, 4) is 0 Å². The predicted octanol–water partition coefficient (Wildman–Crippen LogP) is 3.25. The number of rotatable bonds is 1. The first-order valence-electron chi connectivity index (χ1n) is 5.55. The Balaban J connectivity index is 2.16. The maximum atomic E-state index is 11.6. The molecular weight excluding hydrogens is 160 g/mol. The molecule has 1 unspecified atom stereocenters. The molecule has 0 aromatic carbocycles. The van der Waals surface area contributed by atoms with Gasteiger partial charge in [-0.15, -0.1) is 0 Å². The SMILES string of the molecule is CCC1CCC2=C(CCCC2=O)C1. The van der Waals surface area contributed by atoms with E-state index < -0.39 is 0 Å². The summed E-state index contributed by atoms with van der Waals surface area (Å²) in [5.74, 6) is 1.32. The Bertz CT molecular complexity index is 250. The van der Waals surface area contributed by atoms with Crippen LogP contribution in [0.4, 0.5) is 0 Å². The molecule has 0 bridgehead atoms. The Hall–Kier alpha value is -0.590. The van der Waals surface area contributed by atoms with Gasteiger partial charge in [-0.05, 0) is 43.6 Å². The molecule has 0 aromatic heterocycles. The number of carbonyl (C=O) groups excluding carboxylic acids is 1. The lowest BCUT2D eigenvalue weighted by Gasteiger charge is -2.28. The van der Waals surface area contributed by atoms with Gasteiger partial charge in [0.15, 0.2) is 5.78 Å². The Labute approximate surface area is 80.2 Å². The minimum atomic E-state index is 0.454. The molecule has 1 atom stereocenters. The van der Waals surface area contributed by atoms with Crippen LogP contribution >= 0.6 is 0 Å². The molecule has 0 fully saturated rings. The van der Waals surface area contributed by atoms with Crippen molar-refractivity contribution in [2.45, 2.75) is 51.9 Å². The van der Waals surface area contributed by atoms with E-state index in [9.17, 15) is 4.79 Å². The minimum Gasteiger partial charge on any atom is -0.295 e. The van der Waals surface area contributed by atoms with Gasteiger partial charge in [-0.1, -0.05) is 18.9 Å². The van der Waals surface area contributed by atoms with Crippen molar-refractivity contribution in [1.29, 1.82) is 0 Å². The number of ketones is 1. The highest BCUT2D eigenvalue weighted by Gasteiger charge is 2.26. The Kier molecular flexibility index (Phi) is 2.52. The number of Topliss-reactive ketones (excluding diaryl/α,β-unsaturated/α-hetero) is 1. The highest BCUT2D eigenvalue weighted by Crippen LogP contribution is 2.37. The van der Waals surface area contributed by atoms with E-state index in [0.717, 1.165) is 25.2 Å². The van der Waals surface area contributed by atoms with Crippen molar-refractivity contribution < 1.29 is 4.79 Å². The van der Waals surface area contributed by atoms with Gasteiger partial charge in [0.05, 0.1) is 0 Å². The van der Waals surface area contributed by atoms with Gasteiger partial charge < -0.3 is 0 Å². The molecule has 0 aliphatic heterocycles. The van der Waals surface area contributed by atoms with Crippen LogP contribution in [0.1, 0.15) is 51.9 Å². The molecule has 0 amide bonds. The summed E-state index contributed by atoms with van der Waals surface area (Å²) < 4.78 is 0. The number of allylic oxidation sites excluding steroid dienone is 2. The molecule has 2 aliphatic carbocycles. The third kappa shape index (κ3) is 1.70. The van der Waals surface area contributed by atoms with E-state index in [1.165, 1.54) is 36.8 Å². The predicted molar refractivity (Wildman–Crippen MR) is 53.5 cm³/mol. The van der Waals surface area contributed by atoms with E-state index in [-0.39, 0.29) is 0 Å². The zero-order valence-electron chi connectivity index (χ0n) is 8.44. The highest BCUT2D eigenvalue weighted by molar-refractivity contribution is 5.97. The van der Waals surface area contributed by atoms with E-state index >= 15 is 0 Å². The molecule has 0 saturated heterocycles. The van der Waals surface area contributed by atoms with E-state index in [1.807, 2.05) is 0 Å². The van der Waals surface area contributed by atoms with Crippen LogP contribution in [0.3, 0.4) is 0 Å². The van der Waals surface area contributed by atoms with E-state index in [1.54, 1.807) is 0 Å². The lowest BCUT2D eigenvalue weighted by atomic mass is 9.76. The maximum absolute atomic E-state index is 11.6. The third-order valence-corrected chi connectivity index (χ3v) is 3.56. The molecule has 0 spiro atoms. The molecular formula is C12H18O. The molecule has 72 valence electrons. The molecule has 0 heterocycles. The zero-order chi connectivity index (χ0) is 9.26. The van der Waals surface area contributed by atoms with Crippen molar-refractivity contribution >= 4 is 5.78 Å².